The minimum atomic E-state index is 0.102. The highest BCUT2D eigenvalue weighted by molar-refractivity contribution is 8.00. The molecule has 0 N–H and O–H groups in total. The van der Waals surface area contributed by atoms with Crippen LogP contribution in [-0.4, -0.2) is 41.7 Å². The van der Waals surface area contributed by atoms with E-state index in [-0.39, 0.29) is 11.7 Å². The number of amides is 1. The molecule has 0 radical (unpaired) electrons. The van der Waals surface area contributed by atoms with Crippen LogP contribution in [0.2, 0.25) is 0 Å². The van der Waals surface area contributed by atoms with Gasteiger partial charge in [0.2, 0.25) is 5.91 Å². The van der Waals surface area contributed by atoms with E-state index in [4.69, 9.17) is 9.72 Å². The maximum absolute atomic E-state index is 13.0. The topological polar surface area (TPSA) is 66.2 Å². The quantitative estimate of drug-likeness (QED) is 0.419. The first-order chi connectivity index (χ1) is 16.5. The highest BCUT2D eigenvalue weighted by Gasteiger charge is 2.26. The standard InChI is InChI=1S/C28H29N3O2S/c1-19-13-20(2)17-31(16-19)27(32)18-34-28-25(15-29)24(21-9-11-23(33-3)12-10-21)14-26(30-28)22-7-5-4-6-8-22/h4-12,14,19-20H,13,16-18H2,1-3H3/t19-,20+. The number of ether oxygens (including phenoxy) is 1. The van der Waals surface area contributed by atoms with E-state index in [1.165, 1.54) is 11.8 Å². The van der Waals surface area contributed by atoms with Crippen molar-refractivity contribution >= 4 is 17.7 Å². The lowest BCUT2D eigenvalue weighted by Gasteiger charge is -2.35. The minimum Gasteiger partial charge on any atom is -0.497 e. The van der Waals surface area contributed by atoms with Crippen molar-refractivity contribution in [2.24, 2.45) is 11.8 Å². The second kappa shape index (κ2) is 10.8. The SMILES string of the molecule is COc1ccc(-c2cc(-c3ccccc3)nc(SCC(=O)N3C[C@H](C)C[C@H](C)C3)c2C#N)cc1. The third kappa shape index (κ3) is 5.43. The summed E-state index contributed by atoms with van der Waals surface area (Å²) in [6.45, 7) is 5.98. The van der Waals surface area contributed by atoms with Crippen molar-refractivity contribution in [1.82, 2.24) is 9.88 Å². The predicted molar refractivity (Wildman–Crippen MR) is 137 cm³/mol. The number of nitriles is 1. The van der Waals surface area contributed by atoms with Crippen molar-refractivity contribution in [3.63, 3.8) is 0 Å². The normalized spacial score (nSPS) is 17.8. The molecule has 1 fully saturated rings. The van der Waals surface area contributed by atoms with Crippen molar-refractivity contribution in [2.45, 2.75) is 25.3 Å². The van der Waals surface area contributed by atoms with Gasteiger partial charge in [-0.25, -0.2) is 4.98 Å². The van der Waals surface area contributed by atoms with E-state index in [1.807, 2.05) is 65.6 Å². The molecule has 0 saturated carbocycles. The summed E-state index contributed by atoms with van der Waals surface area (Å²) in [7, 11) is 1.63. The van der Waals surface area contributed by atoms with Crippen molar-refractivity contribution in [3.05, 3.63) is 66.2 Å². The average molecular weight is 472 g/mol. The molecule has 5 nitrogen and oxygen atoms in total. The smallest absolute Gasteiger partial charge is 0.233 e. The molecule has 0 unspecified atom stereocenters. The van der Waals surface area contributed by atoms with E-state index in [2.05, 4.69) is 19.9 Å². The molecule has 2 atom stereocenters. The van der Waals surface area contributed by atoms with E-state index >= 15 is 0 Å². The van der Waals surface area contributed by atoms with E-state index in [0.717, 1.165) is 47.6 Å². The molecule has 0 spiro atoms. The van der Waals surface area contributed by atoms with Crippen LogP contribution < -0.4 is 4.74 Å². The Balaban J connectivity index is 1.69. The van der Waals surface area contributed by atoms with Crippen LogP contribution in [0, 0.1) is 23.2 Å². The number of methoxy groups -OCH3 is 1. The van der Waals surface area contributed by atoms with E-state index in [0.29, 0.717) is 22.4 Å². The molecule has 2 heterocycles. The predicted octanol–water partition coefficient (Wildman–Crippen LogP) is 5.89. The van der Waals surface area contributed by atoms with Gasteiger partial charge in [-0.3, -0.25) is 4.79 Å². The summed E-state index contributed by atoms with van der Waals surface area (Å²) in [5, 5.41) is 10.7. The first-order valence-electron chi connectivity index (χ1n) is 11.5. The fourth-order valence-electron chi connectivity index (χ4n) is 4.58. The highest BCUT2D eigenvalue weighted by Crippen LogP contribution is 2.35. The van der Waals surface area contributed by atoms with Gasteiger partial charge in [0, 0.05) is 24.2 Å². The van der Waals surface area contributed by atoms with Gasteiger partial charge in [0.05, 0.1) is 24.1 Å². The zero-order valence-corrected chi connectivity index (χ0v) is 20.6. The maximum Gasteiger partial charge on any atom is 0.233 e. The Morgan fingerprint density at radius 2 is 1.76 bits per heavy atom. The van der Waals surface area contributed by atoms with Gasteiger partial charge in [-0.1, -0.05) is 68.1 Å². The number of hydrogen-bond donors (Lipinski definition) is 0. The molecule has 3 aromatic rings. The number of thioether (sulfide) groups is 1. The molecule has 4 rings (SSSR count). The van der Waals surface area contributed by atoms with Gasteiger partial charge in [0.25, 0.3) is 0 Å². The minimum absolute atomic E-state index is 0.102. The number of rotatable bonds is 6. The van der Waals surface area contributed by atoms with Crippen LogP contribution in [0.1, 0.15) is 25.8 Å². The number of likely N-dealkylation sites (tertiary alicyclic amines) is 1. The summed E-state index contributed by atoms with van der Waals surface area (Å²) in [4.78, 5) is 19.8. The van der Waals surface area contributed by atoms with Gasteiger partial charge in [0.1, 0.15) is 16.8 Å². The van der Waals surface area contributed by atoms with E-state index < -0.39 is 0 Å². The molecule has 2 aromatic carbocycles. The molecule has 0 aliphatic carbocycles. The van der Waals surface area contributed by atoms with Crippen molar-refractivity contribution in [1.29, 1.82) is 5.26 Å². The Morgan fingerprint density at radius 3 is 2.38 bits per heavy atom. The third-order valence-corrected chi connectivity index (χ3v) is 7.08. The number of carbonyl (C=O) groups is 1. The number of pyridine rings is 1. The van der Waals surface area contributed by atoms with Crippen molar-refractivity contribution in [2.75, 3.05) is 26.0 Å². The molecule has 174 valence electrons. The number of hydrogen-bond acceptors (Lipinski definition) is 5. The number of carbonyl (C=O) groups excluding carboxylic acids is 1. The molecular weight excluding hydrogens is 442 g/mol. The fraction of sp³-hybridized carbons (Fsp3) is 0.321. The molecule has 0 bridgehead atoms. The van der Waals surface area contributed by atoms with E-state index in [9.17, 15) is 10.1 Å². The monoisotopic (exact) mass is 471 g/mol. The molecule has 1 amide bonds. The van der Waals surface area contributed by atoms with Gasteiger partial charge >= 0.3 is 0 Å². The Labute approximate surface area is 205 Å². The second-order valence-corrected chi connectivity index (χ2v) is 9.94. The van der Waals surface area contributed by atoms with Crippen LogP contribution in [0.4, 0.5) is 0 Å². The van der Waals surface area contributed by atoms with Crippen molar-refractivity contribution < 1.29 is 9.53 Å². The van der Waals surface area contributed by atoms with Crippen LogP contribution in [0.25, 0.3) is 22.4 Å². The second-order valence-electron chi connectivity index (χ2n) is 8.97. The van der Waals surface area contributed by atoms with Crippen LogP contribution in [0.15, 0.2) is 65.7 Å². The molecule has 1 aliphatic rings. The number of aromatic nitrogens is 1. The molecule has 6 heteroatoms. The van der Waals surface area contributed by atoms with Crippen LogP contribution in [0.5, 0.6) is 5.75 Å². The first-order valence-corrected chi connectivity index (χ1v) is 12.5. The summed E-state index contributed by atoms with van der Waals surface area (Å²) in [5.74, 6) is 2.14. The lowest BCUT2D eigenvalue weighted by molar-refractivity contribution is -0.130. The largest absolute Gasteiger partial charge is 0.497 e. The van der Waals surface area contributed by atoms with Crippen molar-refractivity contribution in [3.8, 4) is 34.2 Å². The van der Waals surface area contributed by atoms with E-state index in [1.54, 1.807) is 7.11 Å². The molecule has 34 heavy (non-hydrogen) atoms. The molecule has 1 saturated heterocycles. The van der Waals surface area contributed by atoms with Gasteiger partial charge < -0.3 is 9.64 Å². The van der Waals surface area contributed by atoms with Gasteiger partial charge in [-0.15, -0.1) is 0 Å². The highest BCUT2D eigenvalue weighted by atomic mass is 32.2. The van der Waals surface area contributed by atoms with Gasteiger partial charge in [-0.2, -0.15) is 5.26 Å². The summed E-state index contributed by atoms with van der Waals surface area (Å²) >= 11 is 1.35. The third-order valence-electron chi connectivity index (χ3n) is 6.12. The zero-order chi connectivity index (χ0) is 24.1. The van der Waals surface area contributed by atoms with Crippen LogP contribution in [-0.2, 0) is 4.79 Å². The molecule has 1 aliphatic heterocycles. The lowest BCUT2D eigenvalue weighted by atomic mass is 9.92. The summed E-state index contributed by atoms with van der Waals surface area (Å²) in [5.41, 5.74) is 3.94. The number of benzene rings is 2. The lowest BCUT2D eigenvalue weighted by Crippen LogP contribution is -2.43. The first kappa shape index (κ1) is 23.8. The Hall–Kier alpha value is -3.30. The number of piperidine rings is 1. The van der Waals surface area contributed by atoms with Gasteiger partial charge in [-0.05, 0) is 42.0 Å². The maximum atomic E-state index is 13.0. The summed E-state index contributed by atoms with van der Waals surface area (Å²) in [6, 6.07) is 21.9. The average Bonchev–Trinajstić information content (AvgIpc) is 2.86. The van der Waals surface area contributed by atoms with Crippen LogP contribution >= 0.6 is 11.8 Å². The summed E-state index contributed by atoms with van der Waals surface area (Å²) in [6.07, 6.45) is 1.15. The Morgan fingerprint density at radius 1 is 1.09 bits per heavy atom. The van der Waals surface area contributed by atoms with Gasteiger partial charge in [0.15, 0.2) is 0 Å². The molecule has 1 aromatic heterocycles. The Bertz CT molecular complexity index is 1180. The number of nitrogens with zero attached hydrogens (tertiary/aromatic N) is 3. The Kier molecular flexibility index (Phi) is 7.54. The zero-order valence-electron chi connectivity index (χ0n) is 19.8. The fourth-order valence-corrected chi connectivity index (χ4v) is 5.48. The molecular formula is C28H29N3O2S. The summed E-state index contributed by atoms with van der Waals surface area (Å²) < 4.78 is 5.29. The van der Waals surface area contributed by atoms with Crippen LogP contribution in [0.3, 0.4) is 0 Å².